The molecule has 0 amide bonds. The van der Waals surface area contributed by atoms with Crippen LogP contribution in [-0.4, -0.2) is 23.5 Å². The zero-order valence-corrected chi connectivity index (χ0v) is 23.0. The van der Waals surface area contributed by atoms with Gasteiger partial charge in [-0.25, -0.2) is 4.98 Å². The largest absolute Gasteiger partial charge is 0.335 e. The first-order chi connectivity index (χ1) is 16.3. The molecule has 0 fully saturated rings. The molecule has 1 unspecified atom stereocenters. The first kappa shape index (κ1) is 27.6. The summed E-state index contributed by atoms with van der Waals surface area (Å²) in [6.07, 6.45) is 6.55. The van der Waals surface area contributed by atoms with Crippen molar-refractivity contribution < 1.29 is 0 Å². The Bertz CT molecular complexity index is 1120. The van der Waals surface area contributed by atoms with Crippen LogP contribution in [0.15, 0.2) is 54.3 Å². The SMILES string of the molecule is C=CC(C)C1=C(CCC)C(=C)N2Cc3c(nc4cc(C)c(C)cc4c3C)C2=C1.CC.CCNC. The fourth-order valence-electron chi connectivity index (χ4n) is 4.52. The average Bonchev–Trinajstić information content (AvgIpc) is 3.22. The first-order valence-corrected chi connectivity index (χ1v) is 12.9. The van der Waals surface area contributed by atoms with Crippen molar-refractivity contribution >= 4 is 16.6 Å². The summed E-state index contributed by atoms with van der Waals surface area (Å²) in [5, 5.41) is 4.20. The molecule has 34 heavy (non-hydrogen) atoms. The molecular weight excluding hydrogens is 414 g/mol. The minimum atomic E-state index is 0.309. The summed E-state index contributed by atoms with van der Waals surface area (Å²) in [6, 6.07) is 4.52. The second-order valence-electron chi connectivity index (χ2n) is 9.00. The summed E-state index contributed by atoms with van der Waals surface area (Å²) in [6.45, 7) is 27.6. The number of pyridine rings is 1. The highest BCUT2D eigenvalue weighted by atomic mass is 15.2. The Hall–Kier alpha value is -2.65. The van der Waals surface area contributed by atoms with Crippen molar-refractivity contribution in [3.05, 3.63) is 82.2 Å². The van der Waals surface area contributed by atoms with Crippen LogP contribution in [0, 0.1) is 26.7 Å². The second kappa shape index (κ2) is 12.2. The predicted octanol–water partition coefficient (Wildman–Crippen LogP) is 8.01. The van der Waals surface area contributed by atoms with Crippen LogP contribution in [0.5, 0.6) is 0 Å². The van der Waals surface area contributed by atoms with Gasteiger partial charge in [-0.3, -0.25) is 0 Å². The Morgan fingerprint density at radius 2 is 1.76 bits per heavy atom. The topological polar surface area (TPSA) is 28.2 Å². The van der Waals surface area contributed by atoms with Gasteiger partial charge in [-0.15, -0.1) is 6.58 Å². The molecule has 0 bridgehead atoms. The van der Waals surface area contributed by atoms with E-state index in [1.54, 1.807) is 0 Å². The number of nitrogens with zero attached hydrogens (tertiary/aromatic N) is 2. The van der Waals surface area contributed by atoms with E-state index in [0.717, 1.165) is 42.8 Å². The molecule has 1 atom stereocenters. The van der Waals surface area contributed by atoms with Gasteiger partial charge in [0.2, 0.25) is 0 Å². The lowest BCUT2D eigenvalue weighted by molar-refractivity contribution is 0.502. The number of fused-ring (bicyclic) bond motifs is 4. The zero-order valence-electron chi connectivity index (χ0n) is 23.0. The van der Waals surface area contributed by atoms with Gasteiger partial charge in [0.1, 0.15) is 0 Å². The van der Waals surface area contributed by atoms with E-state index >= 15 is 0 Å². The van der Waals surface area contributed by atoms with Crippen LogP contribution in [0.4, 0.5) is 0 Å². The monoisotopic (exact) mass is 459 g/mol. The van der Waals surface area contributed by atoms with E-state index in [0.29, 0.717) is 5.92 Å². The molecule has 0 spiro atoms. The second-order valence-corrected chi connectivity index (χ2v) is 9.00. The van der Waals surface area contributed by atoms with Crippen molar-refractivity contribution in [1.82, 2.24) is 15.2 Å². The molecule has 1 aromatic carbocycles. The molecule has 2 aliphatic heterocycles. The van der Waals surface area contributed by atoms with E-state index in [-0.39, 0.29) is 0 Å². The van der Waals surface area contributed by atoms with Gasteiger partial charge in [-0.05, 0) is 92.7 Å². The molecule has 1 aromatic heterocycles. The van der Waals surface area contributed by atoms with Gasteiger partial charge >= 0.3 is 0 Å². The van der Waals surface area contributed by atoms with Gasteiger partial charge in [0.15, 0.2) is 0 Å². The summed E-state index contributed by atoms with van der Waals surface area (Å²) in [7, 11) is 1.93. The quantitative estimate of drug-likeness (QED) is 0.459. The summed E-state index contributed by atoms with van der Waals surface area (Å²) in [5.41, 5.74) is 12.6. The lowest BCUT2D eigenvalue weighted by Gasteiger charge is -2.32. The lowest BCUT2D eigenvalue weighted by Crippen LogP contribution is -2.22. The Morgan fingerprint density at radius 1 is 1.15 bits per heavy atom. The maximum absolute atomic E-state index is 5.13. The Morgan fingerprint density at radius 3 is 2.32 bits per heavy atom. The third kappa shape index (κ3) is 5.20. The maximum Gasteiger partial charge on any atom is 0.0927 e. The third-order valence-corrected chi connectivity index (χ3v) is 6.85. The normalized spacial score (nSPS) is 15.0. The smallest absolute Gasteiger partial charge is 0.0927 e. The fourth-order valence-corrected chi connectivity index (χ4v) is 4.52. The highest BCUT2D eigenvalue weighted by Gasteiger charge is 2.34. The van der Waals surface area contributed by atoms with Crippen LogP contribution in [0.3, 0.4) is 0 Å². The van der Waals surface area contributed by atoms with Crippen molar-refractivity contribution in [2.75, 3.05) is 13.6 Å². The number of aromatic nitrogens is 1. The van der Waals surface area contributed by atoms with E-state index < -0.39 is 0 Å². The molecule has 0 saturated heterocycles. The lowest BCUT2D eigenvalue weighted by atomic mass is 9.88. The Labute approximate surface area is 208 Å². The third-order valence-electron chi connectivity index (χ3n) is 6.85. The molecule has 0 aliphatic carbocycles. The van der Waals surface area contributed by atoms with Gasteiger partial charge in [-0.1, -0.05) is 53.7 Å². The molecule has 3 heterocycles. The molecule has 2 aliphatic rings. The van der Waals surface area contributed by atoms with Gasteiger partial charge < -0.3 is 10.2 Å². The van der Waals surface area contributed by atoms with Crippen LogP contribution >= 0.6 is 0 Å². The highest BCUT2D eigenvalue weighted by molar-refractivity contribution is 5.89. The van der Waals surface area contributed by atoms with E-state index in [2.05, 4.69) is 83.1 Å². The van der Waals surface area contributed by atoms with E-state index in [9.17, 15) is 0 Å². The van der Waals surface area contributed by atoms with Crippen LogP contribution in [0.2, 0.25) is 0 Å². The van der Waals surface area contributed by atoms with Crippen LogP contribution in [-0.2, 0) is 6.54 Å². The molecule has 2 aromatic rings. The standard InChI is InChI=1S/C26H30N2.C3H9N.C2H6/c1-8-10-20-19(7)28-14-23-18(6)22-11-16(4)17(5)12-24(22)27-26(23)25(28)13-21(20)15(3)9-2;1-3-4-2;1-2/h9,11-13,15H,2,7-8,10,14H2,1,3-6H3;4H,3H2,1-2H3;1-2H3. The minimum Gasteiger partial charge on any atom is -0.335 e. The van der Waals surface area contributed by atoms with Crippen LogP contribution < -0.4 is 5.32 Å². The molecule has 3 heteroatoms. The summed E-state index contributed by atoms with van der Waals surface area (Å²) < 4.78 is 0. The average molecular weight is 460 g/mol. The van der Waals surface area contributed by atoms with Gasteiger partial charge in [0.05, 0.1) is 23.5 Å². The molecule has 3 nitrogen and oxygen atoms in total. The summed E-state index contributed by atoms with van der Waals surface area (Å²) in [4.78, 5) is 7.50. The van der Waals surface area contributed by atoms with Gasteiger partial charge in [-0.2, -0.15) is 0 Å². The molecule has 0 saturated carbocycles. The number of aryl methyl sites for hydroxylation is 3. The number of benzene rings is 1. The number of nitrogens with one attached hydrogen (secondary N) is 1. The molecule has 1 N–H and O–H groups in total. The van der Waals surface area contributed by atoms with Crippen molar-refractivity contribution in [2.24, 2.45) is 5.92 Å². The number of hydrogen-bond acceptors (Lipinski definition) is 3. The molecular formula is C31H45N3. The van der Waals surface area contributed by atoms with E-state index in [1.807, 2.05) is 27.0 Å². The molecule has 0 radical (unpaired) electrons. The fraction of sp³-hybridized carbons (Fsp3) is 0.452. The summed E-state index contributed by atoms with van der Waals surface area (Å²) >= 11 is 0. The van der Waals surface area contributed by atoms with Crippen LogP contribution in [0.25, 0.3) is 16.6 Å². The number of allylic oxidation sites excluding steroid dienone is 4. The van der Waals surface area contributed by atoms with Crippen LogP contribution in [0.1, 0.15) is 75.4 Å². The predicted molar refractivity (Wildman–Crippen MR) is 151 cm³/mol. The van der Waals surface area contributed by atoms with Gasteiger partial charge in [0, 0.05) is 16.6 Å². The Kier molecular flexibility index (Phi) is 9.88. The van der Waals surface area contributed by atoms with Crippen molar-refractivity contribution in [3.63, 3.8) is 0 Å². The maximum atomic E-state index is 5.13. The first-order valence-electron chi connectivity index (χ1n) is 12.9. The van der Waals surface area contributed by atoms with E-state index in [4.69, 9.17) is 4.98 Å². The van der Waals surface area contributed by atoms with Gasteiger partial charge in [0.25, 0.3) is 0 Å². The molecule has 184 valence electrons. The molecule has 4 rings (SSSR count). The summed E-state index contributed by atoms with van der Waals surface area (Å²) in [5.74, 6) is 0.309. The number of hydrogen-bond donors (Lipinski definition) is 1. The van der Waals surface area contributed by atoms with Crippen molar-refractivity contribution in [2.45, 2.75) is 74.8 Å². The minimum absolute atomic E-state index is 0.309. The zero-order chi connectivity index (χ0) is 25.6. The van der Waals surface area contributed by atoms with Crippen molar-refractivity contribution in [3.8, 4) is 0 Å². The van der Waals surface area contributed by atoms with Crippen molar-refractivity contribution in [1.29, 1.82) is 0 Å². The highest BCUT2D eigenvalue weighted by Crippen LogP contribution is 2.45. The number of rotatable bonds is 5. The van der Waals surface area contributed by atoms with E-state index in [1.165, 1.54) is 44.5 Å². The Balaban J connectivity index is 0.000000618.